The lowest BCUT2D eigenvalue weighted by molar-refractivity contribution is 1.19. The van der Waals surface area contributed by atoms with Crippen LogP contribution in [0.4, 0.5) is 0 Å². The number of aromatic nitrogens is 2. The summed E-state index contributed by atoms with van der Waals surface area (Å²) in [6, 6.07) is -27.3. The molecule has 0 aliphatic carbocycles. The number of hydrogen-bond donors (Lipinski definition) is 0. The maximum atomic E-state index is 9.81. The van der Waals surface area contributed by atoms with Crippen molar-refractivity contribution in [2.24, 2.45) is 0 Å². The van der Waals surface area contributed by atoms with Crippen LogP contribution in [0, 0.1) is 0 Å². The van der Waals surface area contributed by atoms with E-state index in [1.807, 2.05) is 0 Å². The number of rotatable bonds is 5. The average molecular weight is 589 g/mol. The summed E-state index contributed by atoms with van der Waals surface area (Å²) in [6.45, 7) is 0. The molecule has 8 rings (SSSR count). The smallest absolute Gasteiger partial charge is 0.160 e. The number of benzene rings is 7. The maximum absolute atomic E-state index is 9.81. The molecule has 206 valence electrons. The highest BCUT2D eigenvalue weighted by Gasteiger charge is 2.17. The number of hydrogen-bond acceptors (Lipinski definition) is 2. The van der Waals surface area contributed by atoms with Crippen LogP contribution in [0.25, 0.3) is 77.7 Å². The second-order valence-electron chi connectivity index (χ2n) is 8.87. The molecule has 44 heavy (non-hydrogen) atoms. The predicted molar refractivity (Wildman–Crippen MR) is 184 cm³/mol. The van der Waals surface area contributed by atoms with Gasteiger partial charge in [-0.15, -0.1) is 0 Å². The Morgan fingerprint density at radius 2 is 0.636 bits per heavy atom. The molecule has 7 aromatic carbocycles. The van der Waals surface area contributed by atoms with E-state index < -0.39 is 247 Å². The van der Waals surface area contributed by atoms with Gasteiger partial charge >= 0.3 is 0 Å². The lowest BCUT2D eigenvalue weighted by Gasteiger charge is -2.15. The topological polar surface area (TPSA) is 25.8 Å². The van der Waals surface area contributed by atoms with E-state index in [0.717, 1.165) is 0 Å². The summed E-state index contributed by atoms with van der Waals surface area (Å²) in [5, 5.41) is -3.03. The third-order valence-corrected chi connectivity index (χ3v) is 6.37. The second kappa shape index (κ2) is 11.1. The van der Waals surface area contributed by atoms with Gasteiger partial charge in [-0.25, -0.2) is 9.97 Å². The first-order valence-electron chi connectivity index (χ1n) is 26.6. The molecular weight excluding hydrogens is 532 g/mol. The Kier molecular flexibility index (Phi) is 2.48. The summed E-state index contributed by atoms with van der Waals surface area (Å²) in [4.78, 5) is 8.71. The van der Waals surface area contributed by atoms with Crippen LogP contribution < -0.4 is 0 Å². The molecule has 0 amide bonds. The maximum Gasteiger partial charge on any atom is 0.160 e. The first-order valence-corrected chi connectivity index (χ1v) is 12.6. The minimum atomic E-state index is -1.11. The fourth-order valence-corrected chi connectivity index (χ4v) is 4.47. The fraction of sp³-hybridized carbons (Fsp3) is 0. The lowest BCUT2D eigenvalue weighted by Crippen LogP contribution is -1.97. The molecule has 0 spiro atoms. The van der Waals surface area contributed by atoms with Crippen molar-refractivity contribution < 1.29 is 38.4 Å². The highest BCUT2D eigenvalue weighted by molar-refractivity contribution is 6.07. The molecule has 0 saturated carbocycles. The van der Waals surface area contributed by atoms with Gasteiger partial charge in [-0.3, -0.25) is 0 Å². The van der Waals surface area contributed by atoms with E-state index in [-0.39, 0.29) is 0 Å². The van der Waals surface area contributed by atoms with Gasteiger partial charge in [-0.05, 0) is 49.8 Å². The van der Waals surface area contributed by atoms with Crippen LogP contribution in [0.2, 0.25) is 0 Å². The second-order valence-corrected chi connectivity index (χ2v) is 8.87. The van der Waals surface area contributed by atoms with Gasteiger partial charge in [-0.2, -0.15) is 0 Å². The van der Waals surface area contributed by atoms with E-state index in [1.54, 1.807) is 0 Å². The van der Waals surface area contributed by atoms with Crippen molar-refractivity contribution >= 4 is 21.5 Å². The van der Waals surface area contributed by atoms with Gasteiger partial charge in [0.2, 0.25) is 0 Å². The standard InChI is InChI=1S/C42H28N2/c1-4-14-29(15-5-1)32-24-26-38(36-22-12-10-20-34(32)36)40-28-41(44-42(43-40)31-18-8-3-9-19-31)39-27-25-33(30-16-6-2-7-17-30)35-21-11-13-23-37(35)39/h1-28H/i1D,2D,3D,4D,5D,6D,7D,8D,9D,10D,11D,12D,13D,14D,15D,16D,17D,18D,19D,20D,21D,22D,23D,24D,25D,26D,27D,28D. The SMILES string of the molecule is [2H]c1c(-c2c([2H])c([2H])c(-c3c([2H])c([2H])c([2H])c([2H])c3[2H])c3c([2H])c([2H])c([2H])c([2H])c23)nc(-c2c([2H])c([2H])c([2H])c([2H])c2[2H])nc1-c1c([2H])c([2H])c(-c2c([2H])c([2H])c([2H])c([2H])c2[2H])c2c([2H])c([2H])c([2H])c([2H])c12. The van der Waals surface area contributed by atoms with E-state index in [4.69, 9.17) is 28.8 Å². The summed E-state index contributed by atoms with van der Waals surface area (Å²) in [7, 11) is 0. The Bertz CT molecular complexity index is 3550. The van der Waals surface area contributed by atoms with Crippen LogP contribution in [-0.2, 0) is 0 Å². The first-order chi connectivity index (χ1) is 33.5. The first kappa shape index (κ1) is 9.83. The van der Waals surface area contributed by atoms with Crippen molar-refractivity contribution in [3.63, 3.8) is 0 Å². The Morgan fingerprint density at radius 3 is 1.05 bits per heavy atom. The molecule has 0 bridgehead atoms. The molecule has 0 N–H and O–H groups in total. The van der Waals surface area contributed by atoms with E-state index in [2.05, 4.69) is 9.97 Å². The third-order valence-electron chi connectivity index (χ3n) is 6.37. The minimum Gasteiger partial charge on any atom is -0.228 e. The van der Waals surface area contributed by atoms with Gasteiger partial charge in [0, 0.05) is 16.7 Å². The van der Waals surface area contributed by atoms with E-state index >= 15 is 0 Å². The van der Waals surface area contributed by atoms with Crippen LogP contribution in [0.3, 0.4) is 0 Å². The molecule has 1 aromatic heterocycles. The molecule has 8 aromatic rings. The Balaban J connectivity index is 1.68. The molecule has 0 aliphatic rings. The summed E-state index contributed by atoms with van der Waals surface area (Å²) in [5.41, 5.74) is -7.52. The van der Waals surface area contributed by atoms with Crippen molar-refractivity contribution in [1.82, 2.24) is 9.97 Å². The van der Waals surface area contributed by atoms with Gasteiger partial charge < -0.3 is 0 Å². The molecule has 1 heterocycles. The summed E-state index contributed by atoms with van der Waals surface area (Å²) in [6.07, 6.45) is 0. The van der Waals surface area contributed by atoms with E-state index in [1.165, 1.54) is 0 Å². The zero-order chi connectivity index (χ0) is 53.7. The minimum absolute atomic E-state index is 0.739. The van der Waals surface area contributed by atoms with Crippen molar-refractivity contribution in [2.45, 2.75) is 0 Å². The van der Waals surface area contributed by atoms with Crippen molar-refractivity contribution in [1.29, 1.82) is 0 Å². The Morgan fingerprint density at radius 1 is 0.318 bits per heavy atom. The molecular formula is C42H28N2. The zero-order valence-corrected chi connectivity index (χ0v) is 21.9. The van der Waals surface area contributed by atoms with Crippen molar-refractivity contribution in [3.8, 4) is 56.2 Å². The molecule has 2 heteroatoms. The number of nitrogens with zero attached hydrogens (tertiary/aromatic N) is 2. The van der Waals surface area contributed by atoms with Crippen LogP contribution in [0.15, 0.2) is 169 Å². The summed E-state index contributed by atoms with van der Waals surface area (Å²) >= 11 is 0. The molecule has 0 saturated heterocycles. The van der Waals surface area contributed by atoms with E-state index in [0.29, 0.717) is 0 Å². The molecule has 2 nitrogen and oxygen atoms in total. The van der Waals surface area contributed by atoms with Crippen LogP contribution in [-0.4, -0.2) is 9.97 Å². The predicted octanol–water partition coefficient (Wildman–Crippen LogP) is 11.1. The molecule has 0 fully saturated rings. The zero-order valence-electron chi connectivity index (χ0n) is 49.9. The summed E-state index contributed by atoms with van der Waals surface area (Å²) < 4.78 is 246. The monoisotopic (exact) mass is 588 g/mol. The number of fused-ring (bicyclic) bond motifs is 2. The summed E-state index contributed by atoms with van der Waals surface area (Å²) in [5.74, 6) is -0.947. The Hall–Kier alpha value is -5.86. The lowest BCUT2D eigenvalue weighted by atomic mass is 9.92. The molecule has 0 unspecified atom stereocenters. The van der Waals surface area contributed by atoms with Gasteiger partial charge in [0.25, 0.3) is 0 Å². The van der Waals surface area contributed by atoms with Crippen molar-refractivity contribution in [2.75, 3.05) is 0 Å². The largest absolute Gasteiger partial charge is 0.228 e. The quantitative estimate of drug-likeness (QED) is 0.200. The van der Waals surface area contributed by atoms with Gasteiger partial charge in [0.1, 0.15) is 0 Å². The van der Waals surface area contributed by atoms with Crippen molar-refractivity contribution in [3.05, 3.63) is 169 Å². The third kappa shape index (κ3) is 4.63. The molecule has 0 radical (unpaired) electrons. The van der Waals surface area contributed by atoms with Gasteiger partial charge in [0.15, 0.2) is 5.82 Å². The highest BCUT2D eigenvalue weighted by Crippen LogP contribution is 2.39. The van der Waals surface area contributed by atoms with Gasteiger partial charge in [0.05, 0.1) is 49.8 Å². The average Bonchev–Trinajstić information content (AvgIpc) is 3.35. The van der Waals surface area contributed by atoms with E-state index in [9.17, 15) is 9.60 Å². The Labute approximate surface area is 296 Å². The van der Waals surface area contributed by atoms with Crippen LogP contribution in [0.5, 0.6) is 0 Å². The van der Waals surface area contributed by atoms with Crippen LogP contribution in [0.1, 0.15) is 38.4 Å². The normalized spacial score (nSPS) is 20.1. The van der Waals surface area contributed by atoms with Gasteiger partial charge in [-0.1, -0.05) is 163 Å². The fourth-order valence-electron chi connectivity index (χ4n) is 4.47. The molecule has 0 aliphatic heterocycles. The molecule has 0 atom stereocenters. The highest BCUT2D eigenvalue weighted by atomic mass is 14.9. The van der Waals surface area contributed by atoms with Crippen LogP contribution >= 0.6 is 0 Å².